The van der Waals surface area contributed by atoms with Crippen LogP contribution < -0.4 is 58.9 Å². The molecule has 0 rings (SSSR count). The van der Waals surface area contributed by atoms with Crippen molar-refractivity contribution in [1.82, 2.24) is 0 Å². The van der Waals surface area contributed by atoms with Crippen LogP contribution in [0.3, 0.4) is 0 Å². The van der Waals surface area contributed by atoms with Crippen molar-refractivity contribution < 1.29 is 85.2 Å². The van der Waals surface area contributed by atoms with E-state index in [-0.39, 0.29) is 149 Å². The number of unbranched alkanes of at least 4 members (excludes halogenated alkanes) is 9. The Morgan fingerprint density at radius 3 is 1.10 bits per heavy atom. The van der Waals surface area contributed by atoms with Crippen molar-refractivity contribution in [2.75, 3.05) is 6.61 Å². The summed E-state index contributed by atoms with van der Waals surface area (Å²) in [5, 5.41) is 0. The van der Waals surface area contributed by atoms with E-state index >= 15 is 0 Å². The Hall–Kier alpha value is 4.87. The molecular weight excluding hydrogens is 573 g/mol. The van der Waals surface area contributed by atoms with Gasteiger partial charge < -0.3 is 43.0 Å². The molecule has 0 aromatic heterocycles. The maximum Gasteiger partial charge on any atom is 2.00 e. The maximum absolute atomic E-state index is 10.1. The van der Waals surface area contributed by atoms with Crippen LogP contribution in [0, 0.1) is 0 Å². The van der Waals surface area contributed by atoms with Crippen LogP contribution in [0.25, 0.3) is 0 Å². The fourth-order valence-corrected chi connectivity index (χ4v) is 2.07. The molecule has 0 aromatic carbocycles. The molecule has 0 aliphatic heterocycles. The van der Waals surface area contributed by atoms with Gasteiger partial charge >= 0.3 is 143 Å². The van der Waals surface area contributed by atoms with Crippen LogP contribution in [0.1, 0.15) is 71.1 Å². The summed E-state index contributed by atoms with van der Waals surface area (Å²) in [4.78, 5) is 51.3. The Labute approximate surface area is 296 Å². The monoisotopic (exact) mass is 598 g/mol. The van der Waals surface area contributed by atoms with E-state index in [1.807, 2.05) is 0 Å². The normalized spacial score (nSPS) is 10.3. The molecule has 168 valence electrons. The van der Waals surface area contributed by atoms with Gasteiger partial charge in [0.05, 0.1) is 6.61 Å². The summed E-state index contributed by atoms with van der Waals surface area (Å²) in [6.07, 6.45) is 11.7. The largest absolute Gasteiger partial charge is 2.00 e. The molecule has 0 aliphatic carbocycles. The van der Waals surface area contributed by atoms with Crippen LogP contribution in [0.4, 0.5) is 0 Å². The zero-order valence-electron chi connectivity index (χ0n) is 18.1. The molecule has 12 nitrogen and oxygen atoms in total. The van der Waals surface area contributed by atoms with Crippen LogP contribution in [0.15, 0.2) is 0 Å². The maximum atomic E-state index is 10.1. The first-order valence-electron chi connectivity index (χ1n) is 8.12. The van der Waals surface area contributed by atoms with Gasteiger partial charge in [0.2, 0.25) is 10.4 Å². The van der Waals surface area contributed by atoms with Crippen molar-refractivity contribution in [1.29, 1.82) is 0 Å². The third kappa shape index (κ3) is 106. The van der Waals surface area contributed by atoms with Crippen molar-refractivity contribution in [3.05, 3.63) is 0 Å². The van der Waals surface area contributed by atoms with Crippen molar-refractivity contribution >= 4 is 139 Å². The average Bonchev–Trinajstić information content (AvgIpc) is 2.40. The van der Waals surface area contributed by atoms with E-state index in [1.165, 1.54) is 44.9 Å². The molecular formula is C12H25Ca3NaO12P2S. The molecule has 0 fully saturated rings. The fourth-order valence-electron chi connectivity index (χ4n) is 1.75. The molecule has 0 heterocycles. The topological polar surface area (TPSA) is 239 Å². The number of hydrogen-bond acceptors (Lipinski definition) is 12. The minimum atomic E-state index is -5.39. The standard InChI is InChI=1S/C12H26O4S.3Ca.Na.2H3O4P/c1-2-3-4-5-6-7-8-9-10-11-12-16-17(13,14)15;;;;;2*1-5(2,3)4/h2-12H2,1H3,(H,13,14,15);;;;;2*(H3,1,2,3,4)/q;3*+2;+1;;/p-7. The second kappa shape index (κ2) is 32.9. The summed E-state index contributed by atoms with van der Waals surface area (Å²) in [6, 6.07) is 0. The van der Waals surface area contributed by atoms with Crippen molar-refractivity contribution in [2.45, 2.75) is 71.1 Å². The Kier molecular flexibility index (Phi) is 55.5. The van der Waals surface area contributed by atoms with E-state index in [1.54, 1.807) is 0 Å². The van der Waals surface area contributed by atoms with Crippen LogP contribution >= 0.6 is 15.6 Å². The predicted octanol–water partition coefficient (Wildman–Crippen LogP) is -6.40. The second-order valence-corrected chi connectivity index (χ2v) is 8.15. The Bertz CT molecular complexity index is 496. The second-order valence-electron chi connectivity index (χ2n) is 5.31. The Balaban J connectivity index is -0.0000000696. The quantitative estimate of drug-likeness (QED) is 0.0670. The number of phosphoric acid groups is 2. The van der Waals surface area contributed by atoms with E-state index < -0.39 is 26.0 Å². The minimum absolute atomic E-state index is 0. The third-order valence-corrected chi connectivity index (χ3v) is 3.18. The zero-order valence-corrected chi connectivity index (χ0v) is 29.3. The average molecular weight is 599 g/mol. The predicted molar refractivity (Wildman–Crippen MR) is 100.0 cm³/mol. The van der Waals surface area contributed by atoms with Gasteiger partial charge in [0.1, 0.15) is 0 Å². The van der Waals surface area contributed by atoms with Gasteiger partial charge in [-0.3, -0.25) is 4.18 Å². The molecule has 19 heteroatoms. The van der Waals surface area contributed by atoms with E-state index in [2.05, 4.69) is 11.1 Å². The molecule has 31 heavy (non-hydrogen) atoms. The van der Waals surface area contributed by atoms with Gasteiger partial charge in [0.15, 0.2) is 0 Å². The van der Waals surface area contributed by atoms with Gasteiger partial charge in [0.25, 0.3) is 0 Å². The number of hydrogen-bond donors (Lipinski definition) is 0. The van der Waals surface area contributed by atoms with Crippen LogP contribution in [0.5, 0.6) is 0 Å². The van der Waals surface area contributed by atoms with Gasteiger partial charge in [-0.25, -0.2) is 8.42 Å². The first-order chi connectivity index (χ1) is 12.1. The molecule has 0 aliphatic rings. The fraction of sp³-hybridized carbons (Fsp3) is 1.00. The van der Waals surface area contributed by atoms with Gasteiger partial charge in [0, 0.05) is 0 Å². The van der Waals surface area contributed by atoms with E-state index in [0.717, 1.165) is 12.8 Å². The molecule has 0 radical (unpaired) electrons. The molecule has 0 saturated heterocycles. The van der Waals surface area contributed by atoms with Gasteiger partial charge in [-0.2, -0.15) is 15.6 Å². The Morgan fingerprint density at radius 2 is 0.871 bits per heavy atom. The summed E-state index contributed by atoms with van der Waals surface area (Å²) in [5.41, 5.74) is 0. The van der Waals surface area contributed by atoms with Crippen molar-refractivity contribution in [3.63, 3.8) is 0 Å². The summed E-state index contributed by atoms with van der Waals surface area (Å²) in [7, 11) is -15.3. The van der Waals surface area contributed by atoms with E-state index in [9.17, 15) is 13.0 Å². The summed E-state index contributed by atoms with van der Waals surface area (Å²) in [6.45, 7) is 2.24. The van der Waals surface area contributed by atoms with Crippen LogP contribution in [-0.4, -0.2) is 133 Å². The van der Waals surface area contributed by atoms with E-state index in [0.29, 0.717) is 6.42 Å². The van der Waals surface area contributed by atoms with Crippen LogP contribution in [-0.2, 0) is 23.7 Å². The summed E-state index contributed by atoms with van der Waals surface area (Å²) < 4.78 is 51.6. The number of rotatable bonds is 12. The summed E-state index contributed by atoms with van der Waals surface area (Å²) in [5.74, 6) is 0. The van der Waals surface area contributed by atoms with Gasteiger partial charge in [-0.15, -0.1) is 0 Å². The van der Waals surface area contributed by atoms with Gasteiger partial charge in [-0.1, -0.05) is 64.7 Å². The Morgan fingerprint density at radius 1 is 0.645 bits per heavy atom. The van der Waals surface area contributed by atoms with Crippen molar-refractivity contribution in [3.8, 4) is 0 Å². The minimum Gasteiger partial charge on any atom is -0.822 e. The van der Waals surface area contributed by atoms with Crippen molar-refractivity contribution in [2.24, 2.45) is 0 Å². The molecule has 0 spiro atoms. The zero-order chi connectivity index (χ0) is 22.0. The molecule has 0 atom stereocenters. The third-order valence-electron chi connectivity index (χ3n) is 2.73. The van der Waals surface area contributed by atoms with Crippen LogP contribution in [0.2, 0.25) is 0 Å². The molecule has 0 aromatic rings. The smallest absolute Gasteiger partial charge is 0.822 e. The summed E-state index contributed by atoms with van der Waals surface area (Å²) >= 11 is 0. The first-order valence-corrected chi connectivity index (χ1v) is 12.4. The first kappa shape index (κ1) is 52.3. The molecule has 0 N–H and O–H groups in total. The molecule has 0 amide bonds. The molecule has 0 saturated carbocycles. The molecule has 0 bridgehead atoms. The SMILES string of the molecule is CCCCCCCCCCCCOS(=O)(=O)[O-].O=P([O-])([O-])[O-].O=P([O-])([O-])[O-].[Ca+2].[Ca+2].[Ca+2].[Na+]. The molecule has 0 unspecified atom stereocenters. The van der Waals surface area contributed by atoms with Gasteiger partial charge in [-0.05, 0) is 6.42 Å². The van der Waals surface area contributed by atoms with E-state index in [4.69, 9.17) is 38.5 Å².